The summed E-state index contributed by atoms with van der Waals surface area (Å²) in [6, 6.07) is 1.01. The second kappa shape index (κ2) is 3.95. The number of nitrogens with zero attached hydrogens (tertiary/aromatic N) is 2. The highest BCUT2D eigenvalue weighted by Gasteiger charge is 2.32. The van der Waals surface area contributed by atoms with E-state index in [1.54, 1.807) is 0 Å². The molecule has 2 atom stereocenters. The van der Waals surface area contributed by atoms with Crippen LogP contribution in [0.2, 0.25) is 0 Å². The predicted octanol–water partition coefficient (Wildman–Crippen LogP) is 0.114. The molecule has 2 saturated heterocycles. The van der Waals surface area contributed by atoms with Crippen LogP contribution >= 0.6 is 0 Å². The van der Waals surface area contributed by atoms with Gasteiger partial charge in [-0.1, -0.05) is 6.42 Å². The summed E-state index contributed by atoms with van der Waals surface area (Å²) in [6.45, 7) is 4.78. The minimum absolute atomic E-state index is 0.378. The number of hydrogen-bond donors (Lipinski definition) is 1. The van der Waals surface area contributed by atoms with Crippen LogP contribution in [-0.2, 0) is 0 Å². The number of likely N-dealkylation sites (N-methyl/N-ethyl adjacent to an activating group) is 1. The lowest BCUT2D eigenvalue weighted by molar-refractivity contribution is 0.157. The fraction of sp³-hybridized carbons (Fsp3) is 1.00. The van der Waals surface area contributed by atoms with E-state index < -0.39 is 0 Å². The average Bonchev–Trinajstić information content (AvgIpc) is 2.47. The highest BCUT2D eigenvalue weighted by molar-refractivity contribution is 4.93. The van der Waals surface area contributed by atoms with E-state index in [1.165, 1.54) is 38.9 Å². The van der Waals surface area contributed by atoms with Crippen LogP contribution in [0.1, 0.15) is 19.3 Å². The van der Waals surface area contributed by atoms with Crippen LogP contribution < -0.4 is 5.73 Å². The van der Waals surface area contributed by atoms with Crippen molar-refractivity contribution in [3.8, 4) is 0 Å². The molecule has 0 saturated carbocycles. The van der Waals surface area contributed by atoms with Gasteiger partial charge in [0.15, 0.2) is 0 Å². The van der Waals surface area contributed by atoms with Crippen molar-refractivity contribution in [2.75, 3.05) is 33.2 Å². The molecule has 2 fully saturated rings. The lowest BCUT2D eigenvalue weighted by Gasteiger charge is -2.33. The Hall–Kier alpha value is -0.120. The van der Waals surface area contributed by atoms with Gasteiger partial charge in [0.05, 0.1) is 0 Å². The predicted molar refractivity (Wildman–Crippen MR) is 54.7 cm³/mol. The molecule has 0 amide bonds. The number of nitrogens with two attached hydrogens (primary N) is 1. The van der Waals surface area contributed by atoms with Gasteiger partial charge in [0.25, 0.3) is 0 Å². The molecule has 2 unspecified atom stereocenters. The molecule has 2 aliphatic rings. The van der Waals surface area contributed by atoms with Gasteiger partial charge in [0.2, 0.25) is 0 Å². The van der Waals surface area contributed by atoms with Crippen LogP contribution in [0, 0.1) is 0 Å². The van der Waals surface area contributed by atoms with Crippen molar-refractivity contribution in [2.45, 2.75) is 31.3 Å². The zero-order valence-corrected chi connectivity index (χ0v) is 8.58. The minimum Gasteiger partial charge on any atom is -0.325 e. The van der Waals surface area contributed by atoms with Crippen molar-refractivity contribution in [3.63, 3.8) is 0 Å². The molecule has 3 heteroatoms. The van der Waals surface area contributed by atoms with Crippen molar-refractivity contribution in [3.05, 3.63) is 0 Å². The lowest BCUT2D eigenvalue weighted by atomic mass is 10.1. The molecule has 3 nitrogen and oxygen atoms in total. The zero-order chi connectivity index (χ0) is 9.26. The molecule has 0 aromatic heterocycles. The average molecular weight is 183 g/mol. The zero-order valence-electron chi connectivity index (χ0n) is 8.58. The van der Waals surface area contributed by atoms with Crippen molar-refractivity contribution in [1.29, 1.82) is 0 Å². The van der Waals surface area contributed by atoms with Gasteiger partial charge in [-0.3, -0.25) is 4.90 Å². The Morgan fingerprint density at radius 2 is 1.77 bits per heavy atom. The highest BCUT2D eigenvalue weighted by Crippen LogP contribution is 2.18. The van der Waals surface area contributed by atoms with E-state index in [4.69, 9.17) is 5.73 Å². The number of hydrogen-bond acceptors (Lipinski definition) is 3. The van der Waals surface area contributed by atoms with Crippen LogP contribution in [0.25, 0.3) is 0 Å². The van der Waals surface area contributed by atoms with Crippen molar-refractivity contribution >= 4 is 0 Å². The van der Waals surface area contributed by atoms with Gasteiger partial charge in [-0.05, 0) is 33.0 Å². The first-order valence-electron chi connectivity index (χ1n) is 5.45. The van der Waals surface area contributed by atoms with E-state index in [2.05, 4.69) is 16.8 Å². The summed E-state index contributed by atoms with van der Waals surface area (Å²) in [4.78, 5) is 4.95. The summed E-state index contributed by atoms with van der Waals surface area (Å²) in [6.07, 6.45) is 4.15. The molecule has 13 heavy (non-hydrogen) atoms. The maximum absolute atomic E-state index is 6.12. The van der Waals surface area contributed by atoms with E-state index >= 15 is 0 Å². The van der Waals surface area contributed by atoms with Crippen LogP contribution in [0.15, 0.2) is 0 Å². The Labute approximate surface area is 80.9 Å². The minimum atomic E-state index is 0.378. The fourth-order valence-corrected chi connectivity index (χ4v) is 2.65. The number of piperidine rings is 1. The van der Waals surface area contributed by atoms with Crippen LogP contribution in [0.5, 0.6) is 0 Å². The van der Waals surface area contributed by atoms with Crippen molar-refractivity contribution in [1.82, 2.24) is 9.80 Å². The van der Waals surface area contributed by atoms with Gasteiger partial charge in [0, 0.05) is 25.2 Å². The van der Waals surface area contributed by atoms with Crippen molar-refractivity contribution in [2.24, 2.45) is 5.73 Å². The maximum atomic E-state index is 6.12. The molecule has 76 valence electrons. The van der Waals surface area contributed by atoms with Crippen LogP contribution in [0.3, 0.4) is 0 Å². The molecule has 2 aliphatic heterocycles. The standard InChI is InChI=1S/C10H21N3/c1-12-7-9(11)10(8-12)13-5-3-2-4-6-13/h9-10H,2-8,11H2,1H3. The summed E-state index contributed by atoms with van der Waals surface area (Å²) in [5.41, 5.74) is 6.12. The third-order valence-corrected chi connectivity index (χ3v) is 3.38. The fourth-order valence-electron chi connectivity index (χ4n) is 2.65. The molecule has 0 aliphatic carbocycles. The monoisotopic (exact) mass is 183 g/mol. The van der Waals surface area contributed by atoms with E-state index in [1.807, 2.05) is 0 Å². The highest BCUT2D eigenvalue weighted by atomic mass is 15.3. The molecular formula is C10H21N3. The van der Waals surface area contributed by atoms with Gasteiger partial charge >= 0.3 is 0 Å². The van der Waals surface area contributed by atoms with Gasteiger partial charge < -0.3 is 10.6 Å². The first-order chi connectivity index (χ1) is 6.27. The van der Waals surface area contributed by atoms with Gasteiger partial charge in [-0.2, -0.15) is 0 Å². The van der Waals surface area contributed by atoms with E-state index in [-0.39, 0.29) is 0 Å². The Kier molecular flexibility index (Phi) is 2.86. The topological polar surface area (TPSA) is 32.5 Å². The lowest BCUT2D eigenvalue weighted by Crippen LogP contribution is -2.49. The first kappa shape index (κ1) is 9.44. The quantitative estimate of drug-likeness (QED) is 0.626. The molecule has 0 aromatic rings. The molecule has 2 rings (SSSR count). The molecule has 0 radical (unpaired) electrons. The number of likely N-dealkylation sites (tertiary alicyclic amines) is 2. The van der Waals surface area contributed by atoms with Crippen LogP contribution in [-0.4, -0.2) is 55.1 Å². The van der Waals surface area contributed by atoms with E-state index in [0.717, 1.165) is 6.54 Å². The summed E-state index contributed by atoms with van der Waals surface area (Å²) < 4.78 is 0. The summed E-state index contributed by atoms with van der Waals surface area (Å²) in [5, 5.41) is 0. The SMILES string of the molecule is CN1CC(N)C(N2CCCCC2)C1. The van der Waals surface area contributed by atoms with Gasteiger partial charge in [-0.15, -0.1) is 0 Å². The van der Waals surface area contributed by atoms with Gasteiger partial charge in [-0.25, -0.2) is 0 Å². The first-order valence-corrected chi connectivity index (χ1v) is 5.45. The Morgan fingerprint density at radius 3 is 2.31 bits per heavy atom. The molecule has 0 aromatic carbocycles. The smallest absolute Gasteiger partial charge is 0.0386 e. The Bertz CT molecular complexity index is 166. The second-order valence-electron chi connectivity index (χ2n) is 4.55. The largest absolute Gasteiger partial charge is 0.325 e. The van der Waals surface area contributed by atoms with E-state index in [9.17, 15) is 0 Å². The normalized spacial score (nSPS) is 38.3. The number of rotatable bonds is 1. The van der Waals surface area contributed by atoms with Crippen molar-refractivity contribution < 1.29 is 0 Å². The summed E-state index contributed by atoms with van der Waals surface area (Å²) in [5.74, 6) is 0. The molecule has 0 bridgehead atoms. The Balaban J connectivity index is 1.91. The van der Waals surface area contributed by atoms with Crippen LogP contribution in [0.4, 0.5) is 0 Å². The second-order valence-corrected chi connectivity index (χ2v) is 4.55. The molecule has 2 N–H and O–H groups in total. The van der Waals surface area contributed by atoms with E-state index in [0.29, 0.717) is 12.1 Å². The maximum Gasteiger partial charge on any atom is 0.0386 e. The third-order valence-electron chi connectivity index (χ3n) is 3.38. The molecular weight excluding hydrogens is 162 g/mol. The molecule has 2 heterocycles. The Morgan fingerprint density at radius 1 is 1.08 bits per heavy atom. The molecule has 0 spiro atoms. The third kappa shape index (κ3) is 2.03. The van der Waals surface area contributed by atoms with Gasteiger partial charge in [0.1, 0.15) is 0 Å². The summed E-state index contributed by atoms with van der Waals surface area (Å²) in [7, 11) is 2.17. The summed E-state index contributed by atoms with van der Waals surface area (Å²) >= 11 is 0.